The van der Waals surface area contributed by atoms with Gasteiger partial charge < -0.3 is 18.7 Å². The van der Waals surface area contributed by atoms with Crippen molar-refractivity contribution in [3.63, 3.8) is 0 Å². The highest BCUT2D eigenvalue weighted by Gasteiger charge is 2.17. The summed E-state index contributed by atoms with van der Waals surface area (Å²) in [4.78, 5) is 16.6. The summed E-state index contributed by atoms with van der Waals surface area (Å²) in [5, 5.41) is 3.94. The molecule has 0 amide bonds. The molecule has 7 heteroatoms. The fraction of sp³-hybridized carbons (Fsp3) is 0.318. The predicted octanol–water partition coefficient (Wildman–Crippen LogP) is 4.41. The van der Waals surface area contributed by atoms with Gasteiger partial charge in [0.25, 0.3) is 5.89 Å². The average Bonchev–Trinajstić information content (AvgIpc) is 3.19. The number of nitrogens with zero attached hydrogens (tertiary/aromatic N) is 2. The number of hydrogen-bond donors (Lipinski definition) is 0. The first-order chi connectivity index (χ1) is 13.8. The van der Waals surface area contributed by atoms with Crippen LogP contribution in [0.2, 0.25) is 0 Å². The minimum Gasteiger partial charge on any atom is -0.497 e. The van der Waals surface area contributed by atoms with Gasteiger partial charge in [0.2, 0.25) is 5.82 Å². The van der Waals surface area contributed by atoms with E-state index in [0.717, 1.165) is 5.56 Å². The maximum Gasteiger partial charge on any atom is 0.338 e. The van der Waals surface area contributed by atoms with Crippen LogP contribution in [0.15, 0.2) is 47.0 Å². The van der Waals surface area contributed by atoms with Crippen LogP contribution in [-0.2, 0) is 16.8 Å². The summed E-state index contributed by atoms with van der Waals surface area (Å²) in [6, 6.07) is 12.6. The van der Waals surface area contributed by atoms with Crippen LogP contribution in [0.3, 0.4) is 0 Å². The Morgan fingerprint density at radius 2 is 1.76 bits per heavy atom. The second kappa shape index (κ2) is 8.34. The van der Waals surface area contributed by atoms with Crippen molar-refractivity contribution in [1.82, 2.24) is 10.1 Å². The van der Waals surface area contributed by atoms with Crippen LogP contribution >= 0.6 is 0 Å². The van der Waals surface area contributed by atoms with E-state index in [1.54, 1.807) is 44.6 Å². The molecule has 3 rings (SSSR count). The van der Waals surface area contributed by atoms with Gasteiger partial charge in [-0.15, -0.1) is 0 Å². The molecule has 0 N–H and O–H groups in total. The second-order valence-electron chi connectivity index (χ2n) is 7.48. The first kappa shape index (κ1) is 20.4. The minimum absolute atomic E-state index is 0.0190. The van der Waals surface area contributed by atoms with Gasteiger partial charge in [-0.25, -0.2) is 4.79 Å². The summed E-state index contributed by atoms with van der Waals surface area (Å²) in [5.41, 5.74) is 2.27. The summed E-state index contributed by atoms with van der Waals surface area (Å²) in [5.74, 6) is 1.28. The fourth-order valence-electron chi connectivity index (χ4n) is 2.72. The van der Waals surface area contributed by atoms with Gasteiger partial charge >= 0.3 is 5.97 Å². The molecule has 1 heterocycles. The summed E-state index contributed by atoms with van der Waals surface area (Å²) in [7, 11) is 3.12. The molecule has 0 aliphatic rings. The number of methoxy groups -OCH3 is 2. The molecule has 0 fully saturated rings. The van der Waals surface area contributed by atoms with Crippen molar-refractivity contribution in [2.24, 2.45) is 0 Å². The largest absolute Gasteiger partial charge is 0.497 e. The number of carbonyl (C=O) groups is 1. The smallest absolute Gasteiger partial charge is 0.338 e. The van der Waals surface area contributed by atoms with Crippen molar-refractivity contribution in [3.8, 4) is 22.9 Å². The van der Waals surface area contributed by atoms with E-state index in [1.807, 2.05) is 12.1 Å². The van der Waals surface area contributed by atoms with Crippen molar-refractivity contribution in [2.75, 3.05) is 14.2 Å². The van der Waals surface area contributed by atoms with E-state index in [2.05, 4.69) is 30.9 Å². The lowest BCUT2D eigenvalue weighted by Crippen LogP contribution is -2.12. The van der Waals surface area contributed by atoms with Crippen LogP contribution in [0.25, 0.3) is 11.4 Å². The Hall–Kier alpha value is -3.35. The zero-order valence-electron chi connectivity index (χ0n) is 17.2. The van der Waals surface area contributed by atoms with Gasteiger partial charge in [0.05, 0.1) is 25.3 Å². The molecular weight excluding hydrogens is 372 g/mol. The van der Waals surface area contributed by atoms with E-state index in [-0.39, 0.29) is 17.9 Å². The molecule has 0 bridgehead atoms. The number of esters is 1. The third kappa shape index (κ3) is 4.74. The number of carbonyl (C=O) groups excluding carboxylic acids is 1. The number of hydrogen-bond acceptors (Lipinski definition) is 7. The lowest BCUT2D eigenvalue weighted by atomic mass is 9.87. The highest BCUT2D eigenvalue weighted by atomic mass is 16.6. The number of ether oxygens (including phenoxy) is 3. The Bertz CT molecular complexity index is 987. The predicted molar refractivity (Wildman–Crippen MR) is 107 cm³/mol. The maximum absolute atomic E-state index is 12.3. The molecule has 0 unspecified atom stereocenters. The van der Waals surface area contributed by atoms with E-state index >= 15 is 0 Å². The lowest BCUT2D eigenvalue weighted by Gasteiger charge is -2.18. The monoisotopic (exact) mass is 396 g/mol. The van der Waals surface area contributed by atoms with Crippen molar-refractivity contribution in [3.05, 3.63) is 59.5 Å². The number of rotatable bonds is 6. The molecule has 0 aliphatic heterocycles. The number of benzene rings is 2. The van der Waals surface area contributed by atoms with Crippen molar-refractivity contribution < 1.29 is 23.5 Å². The van der Waals surface area contributed by atoms with E-state index in [0.29, 0.717) is 28.5 Å². The molecule has 1 aromatic heterocycles. The molecule has 29 heavy (non-hydrogen) atoms. The van der Waals surface area contributed by atoms with Gasteiger partial charge in [-0.2, -0.15) is 4.98 Å². The minimum atomic E-state index is -0.452. The molecule has 0 aliphatic carbocycles. The Morgan fingerprint density at radius 3 is 2.38 bits per heavy atom. The van der Waals surface area contributed by atoms with Crippen LogP contribution in [0.1, 0.15) is 42.6 Å². The standard InChI is InChI=1S/C22H24N2O5/c1-22(2,3)15-8-6-14(7-9-15)21(25)28-13-19-23-20(24-29-19)17-11-10-16(26-4)12-18(17)27-5/h6-12H,13H2,1-5H3. The third-order valence-corrected chi connectivity index (χ3v) is 4.43. The van der Waals surface area contributed by atoms with Crippen LogP contribution in [-0.4, -0.2) is 30.3 Å². The quantitative estimate of drug-likeness (QED) is 0.571. The molecule has 2 aromatic carbocycles. The van der Waals surface area contributed by atoms with Crippen LogP contribution in [0.5, 0.6) is 11.5 Å². The van der Waals surface area contributed by atoms with Crippen LogP contribution in [0, 0.1) is 0 Å². The van der Waals surface area contributed by atoms with Crippen molar-refractivity contribution in [2.45, 2.75) is 32.8 Å². The summed E-state index contributed by atoms with van der Waals surface area (Å²) >= 11 is 0. The molecule has 7 nitrogen and oxygen atoms in total. The molecule has 0 saturated heterocycles. The Morgan fingerprint density at radius 1 is 1.03 bits per heavy atom. The first-order valence-corrected chi connectivity index (χ1v) is 9.14. The van der Waals surface area contributed by atoms with Crippen LogP contribution in [0.4, 0.5) is 0 Å². The van der Waals surface area contributed by atoms with E-state index in [9.17, 15) is 4.79 Å². The zero-order chi connectivity index (χ0) is 21.0. The molecule has 0 radical (unpaired) electrons. The Labute approximate surface area is 169 Å². The highest BCUT2D eigenvalue weighted by molar-refractivity contribution is 5.89. The Kier molecular flexibility index (Phi) is 5.87. The summed E-state index contributed by atoms with van der Waals surface area (Å²) in [6.07, 6.45) is 0. The molecule has 152 valence electrons. The van der Waals surface area contributed by atoms with Gasteiger partial charge in [0, 0.05) is 6.07 Å². The molecule has 0 saturated carbocycles. The van der Waals surface area contributed by atoms with Gasteiger partial charge in [0.15, 0.2) is 6.61 Å². The van der Waals surface area contributed by atoms with Crippen molar-refractivity contribution >= 4 is 5.97 Å². The second-order valence-corrected chi connectivity index (χ2v) is 7.48. The maximum atomic E-state index is 12.3. The number of aromatic nitrogens is 2. The fourth-order valence-corrected chi connectivity index (χ4v) is 2.72. The van der Waals surface area contributed by atoms with Crippen LogP contribution < -0.4 is 9.47 Å². The zero-order valence-corrected chi connectivity index (χ0v) is 17.2. The third-order valence-electron chi connectivity index (χ3n) is 4.43. The van der Waals surface area contributed by atoms with Gasteiger partial charge in [-0.3, -0.25) is 0 Å². The van der Waals surface area contributed by atoms with Gasteiger partial charge in [-0.1, -0.05) is 38.1 Å². The molecule has 0 atom stereocenters. The SMILES string of the molecule is COc1ccc(-c2noc(COC(=O)c3ccc(C(C)(C)C)cc3)n2)c(OC)c1. The first-order valence-electron chi connectivity index (χ1n) is 9.14. The van der Waals surface area contributed by atoms with Gasteiger partial charge in [-0.05, 0) is 35.2 Å². The summed E-state index contributed by atoms with van der Waals surface area (Å²) < 4.78 is 21.0. The Balaban J connectivity index is 1.67. The topological polar surface area (TPSA) is 83.7 Å². The molecule has 0 spiro atoms. The van der Waals surface area contributed by atoms with E-state index < -0.39 is 5.97 Å². The van der Waals surface area contributed by atoms with Gasteiger partial charge in [0.1, 0.15) is 11.5 Å². The normalized spacial score (nSPS) is 11.2. The van der Waals surface area contributed by atoms with E-state index in [4.69, 9.17) is 18.7 Å². The summed E-state index contributed by atoms with van der Waals surface area (Å²) in [6.45, 7) is 6.23. The average molecular weight is 396 g/mol. The molecular formula is C22H24N2O5. The van der Waals surface area contributed by atoms with Crippen molar-refractivity contribution in [1.29, 1.82) is 0 Å². The van der Waals surface area contributed by atoms with E-state index in [1.165, 1.54) is 0 Å². The molecule has 3 aromatic rings. The lowest BCUT2D eigenvalue weighted by molar-refractivity contribution is 0.0429. The highest BCUT2D eigenvalue weighted by Crippen LogP contribution is 2.31.